The van der Waals surface area contributed by atoms with E-state index in [4.69, 9.17) is 5.73 Å². The van der Waals surface area contributed by atoms with E-state index in [0.717, 1.165) is 5.56 Å². The molecule has 0 aliphatic rings. The second-order valence-corrected chi connectivity index (χ2v) is 3.58. The topological polar surface area (TPSA) is 49.5 Å². The molecule has 0 radical (unpaired) electrons. The summed E-state index contributed by atoms with van der Waals surface area (Å²) in [7, 11) is 0. The molecule has 0 saturated heterocycles. The zero-order chi connectivity index (χ0) is 12.0. The first-order valence-electron chi connectivity index (χ1n) is 5.10. The van der Waals surface area contributed by atoms with Crippen molar-refractivity contribution in [2.45, 2.75) is 13.0 Å². The van der Waals surface area contributed by atoms with Crippen molar-refractivity contribution in [3.05, 3.63) is 29.8 Å². The normalized spacial score (nSPS) is 11.3. The molecule has 0 fully saturated rings. The Kier molecular flexibility index (Phi) is 5.14. The van der Waals surface area contributed by atoms with E-state index in [1.165, 1.54) is 0 Å². The summed E-state index contributed by atoms with van der Waals surface area (Å²) >= 11 is 0. The maximum Gasteiger partial charge on any atom is 0.251 e. The number of alkyl halides is 2. The van der Waals surface area contributed by atoms with Gasteiger partial charge in [0.15, 0.2) is 0 Å². The number of phenols is 1. The Balaban J connectivity index is 2.60. The van der Waals surface area contributed by atoms with Crippen LogP contribution in [0.1, 0.15) is 5.56 Å². The zero-order valence-corrected chi connectivity index (χ0v) is 8.94. The number of aromatic hydroxyl groups is 1. The molecular weight excluding hydrogens is 214 g/mol. The van der Waals surface area contributed by atoms with E-state index in [2.05, 4.69) is 0 Å². The number of nitrogens with two attached hydrogens (primary N) is 1. The summed E-state index contributed by atoms with van der Waals surface area (Å²) in [6.07, 6.45) is -2.37. The highest BCUT2D eigenvalue weighted by Gasteiger charge is 2.11. The average molecular weight is 230 g/mol. The fourth-order valence-electron chi connectivity index (χ4n) is 1.53. The minimum atomic E-state index is -2.37. The molecular formula is C11H16F2N2O. The van der Waals surface area contributed by atoms with E-state index in [-0.39, 0.29) is 12.3 Å². The standard InChI is InChI=1S/C11H16F2N2O/c12-11(13)8-15(5-4-14)7-9-2-1-3-10(16)6-9/h1-3,6,11,16H,4-5,7-8,14H2. The smallest absolute Gasteiger partial charge is 0.251 e. The van der Waals surface area contributed by atoms with Crippen LogP contribution in [0.5, 0.6) is 5.75 Å². The van der Waals surface area contributed by atoms with E-state index in [9.17, 15) is 13.9 Å². The van der Waals surface area contributed by atoms with Gasteiger partial charge in [-0.25, -0.2) is 8.78 Å². The number of rotatable bonds is 6. The van der Waals surface area contributed by atoms with Crippen LogP contribution < -0.4 is 5.73 Å². The Bertz CT molecular complexity index is 321. The number of phenolic OH excluding ortho intramolecular Hbond substituents is 1. The van der Waals surface area contributed by atoms with Crippen molar-refractivity contribution in [1.82, 2.24) is 4.90 Å². The van der Waals surface area contributed by atoms with E-state index in [1.54, 1.807) is 29.2 Å². The Morgan fingerprint density at radius 2 is 2.12 bits per heavy atom. The molecule has 0 saturated carbocycles. The molecule has 0 spiro atoms. The van der Waals surface area contributed by atoms with Gasteiger partial charge in [-0.3, -0.25) is 4.90 Å². The molecule has 0 bridgehead atoms. The predicted octanol–water partition coefficient (Wildman–Crippen LogP) is 1.42. The third kappa shape index (κ3) is 4.55. The first-order chi connectivity index (χ1) is 7.61. The lowest BCUT2D eigenvalue weighted by Gasteiger charge is -2.21. The summed E-state index contributed by atoms with van der Waals surface area (Å²) in [6.45, 7) is 0.828. The summed E-state index contributed by atoms with van der Waals surface area (Å²) in [5.74, 6) is 0.141. The van der Waals surface area contributed by atoms with Crippen LogP contribution in [0, 0.1) is 0 Å². The van der Waals surface area contributed by atoms with Crippen LogP contribution >= 0.6 is 0 Å². The van der Waals surface area contributed by atoms with Gasteiger partial charge in [-0.2, -0.15) is 0 Å². The van der Waals surface area contributed by atoms with Gasteiger partial charge in [-0.05, 0) is 17.7 Å². The summed E-state index contributed by atoms with van der Waals surface area (Å²) in [6, 6.07) is 6.58. The van der Waals surface area contributed by atoms with Gasteiger partial charge in [0, 0.05) is 19.6 Å². The van der Waals surface area contributed by atoms with Crippen LogP contribution in [0.15, 0.2) is 24.3 Å². The number of halogens is 2. The van der Waals surface area contributed by atoms with Crippen molar-refractivity contribution in [1.29, 1.82) is 0 Å². The minimum Gasteiger partial charge on any atom is -0.508 e. The average Bonchev–Trinajstić information content (AvgIpc) is 2.16. The first kappa shape index (κ1) is 12.9. The zero-order valence-electron chi connectivity index (χ0n) is 8.94. The Hall–Kier alpha value is -1.20. The molecule has 1 aromatic carbocycles. The van der Waals surface area contributed by atoms with E-state index < -0.39 is 6.43 Å². The van der Waals surface area contributed by atoms with Crippen molar-refractivity contribution in [2.24, 2.45) is 5.73 Å². The molecule has 0 aliphatic carbocycles. The molecule has 0 atom stereocenters. The predicted molar refractivity (Wildman–Crippen MR) is 58.4 cm³/mol. The highest BCUT2D eigenvalue weighted by molar-refractivity contribution is 5.26. The fourth-order valence-corrected chi connectivity index (χ4v) is 1.53. The molecule has 5 heteroatoms. The lowest BCUT2D eigenvalue weighted by molar-refractivity contribution is 0.0862. The molecule has 0 unspecified atom stereocenters. The Morgan fingerprint density at radius 3 is 2.69 bits per heavy atom. The van der Waals surface area contributed by atoms with Crippen LogP contribution in [-0.4, -0.2) is 36.1 Å². The molecule has 0 aromatic heterocycles. The van der Waals surface area contributed by atoms with Gasteiger partial charge in [0.1, 0.15) is 5.75 Å². The summed E-state index contributed by atoms with van der Waals surface area (Å²) in [5.41, 5.74) is 6.15. The second-order valence-electron chi connectivity index (χ2n) is 3.58. The highest BCUT2D eigenvalue weighted by Crippen LogP contribution is 2.13. The van der Waals surface area contributed by atoms with Crippen molar-refractivity contribution in [3.8, 4) is 5.75 Å². The van der Waals surface area contributed by atoms with Gasteiger partial charge in [0.25, 0.3) is 6.43 Å². The number of benzene rings is 1. The summed E-state index contributed by atoms with van der Waals surface area (Å²) in [5, 5.41) is 9.25. The molecule has 16 heavy (non-hydrogen) atoms. The van der Waals surface area contributed by atoms with Gasteiger partial charge in [0.2, 0.25) is 0 Å². The van der Waals surface area contributed by atoms with E-state index in [1.807, 2.05) is 0 Å². The molecule has 0 aliphatic heterocycles. The summed E-state index contributed by atoms with van der Waals surface area (Å²) < 4.78 is 24.5. The first-order valence-corrected chi connectivity index (χ1v) is 5.10. The van der Waals surface area contributed by atoms with Gasteiger partial charge in [-0.1, -0.05) is 12.1 Å². The quantitative estimate of drug-likeness (QED) is 0.777. The lowest BCUT2D eigenvalue weighted by atomic mass is 10.2. The van der Waals surface area contributed by atoms with E-state index >= 15 is 0 Å². The maximum atomic E-state index is 12.3. The third-order valence-corrected chi connectivity index (χ3v) is 2.16. The second kappa shape index (κ2) is 6.40. The minimum absolute atomic E-state index is 0.141. The van der Waals surface area contributed by atoms with Crippen molar-refractivity contribution < 1.29 is 13.9 Å². The highest BCUT2D eigenvalue weighted by atomic mass is 19.3. The van der Waals surface area contributed by atoms with Crippen LogP contribution in [0.4, 0.5) is 8.78 Å². The van der Waals surface area contributed by atoms with Crippen LogP contribution in [0.25, 0.3) is 0 Å². The van der Waals surface area contributed by atoms with Crippen molar-refractivity contribution in [2.75, 3.05) is 19.6 Å². The molecule has 1 rings (SSSR count). The van der Waals surface area contributed by atoms with Gasteiger partial charge < -0.3 is 10.8 Å². The fraction of sp³-hybridized carbons (Fsp3) is 0.455. The number of hydrogen-bond acceptors (Lipinski definition) is 3. The van der Waals surface area contributed by atoms with Crippen molar-refractivity contribution >= 4 is 0 Å². The Morgan fingerprint density at radius 1 is 1.38 bits per heavy atom. The van der Waals surface area contributed by atoms with Crippen LogP contribution in [-0.2, 0) is 6.54 Å². The van der Waals surface area contributed by atoms with Gasteiger partial charge in [-0.15, -0.1) is 0 Å². The monoisotopic (exact) mass is 230 g/mol. The summed E-state index contributed by atoms with van der Waals surface area (Å²) in [4.78, 5) is 1.57. The molecule has 3 N–H and O–H groups in total. The SMILES string of the molecule is NCCN(Cc1cccc(O)c1)CC(F)F. The number of nitrogens with zero attached hydrogens (tertiary/aromatic N) is 1. The molecule has 3 nitrogen and oxygen atoms in total. The molecule has 1 aromatic rings. The van der Waals surface area contributed by atoms with Gasteiger partial charge >= 0.3 is 0 Å². The lowest BCUT2D eigenvalue weighted by Crippen LogP contribution is -2.33. The number of hydrogen-bond donors (Lipinski definition) is 2. The van der Waals surface area contributed by atoms with Crippen molar-refractivity contribution in [3.63, 3.8) is 0 Å². The van der Waals surface area contributed by atoms with Gasteiger partial charge in [0.05, 0.1) is 6.54 Å². The largest absolute Gasteiger partial charge is 0.508 e. The molecule has 90 valence electrons. The van der Waals surface area contributed by atoms with E-state index in [0.29, 0.717) is 19.6 Å². The van der Waals surface area contributed by atoms with Crippen LogP contribution in [0.2, 0.25) is 0 Å². The third-order valence-electron chi connectivity index (χ3n) is 2.16. The molecule has 0 amide bonds. The Labute approximate surface area is 93.5 Å². The molecule has 0 heterocycles. The van der Waals surface area contributed by atoms with Crippen LogP contribution in [0.3, 0.4) is 0 Å². The maximum absolute atomic E-state index is 12.3.